The van der Waals surface area contributed by atoms with Gasteiger partial charge in [0.1, 0.15) is 0 Å². The lowest BCUT2D eigenvalue weighted by Gasteiger charge is -2.30. The molecule has 102 valence electrons. The highest BCUT2D eigenvalue weighted by molar-refractivity contribution is 5.80. The van der Waals surface area contributed by atoms with Gasteiger partial charge in [-0.3, -0.25) is 14.9 Å². The van der Waals surface area contributed by atoms with Gasteiger partial charge in [0.25, 0.3) is 5.69 Å². The molecule has 2 rings (SSSR count). The number of rotatable bonds is 3. The standard InChI is InChI=1S/C13H16N2O4/c16-11-5-3-7-14(9-11)13(17)8-10-4-1-2-6-12(10)15(18)19/h1-2,4,6,11,16H,3,5,7-9H2/t11-/m0/s1. The first-order valence-electron chi connectivity index (χ1n) is 6.26. The Balaban J connectivity index is 2.08. The Labute approximate surface area is 110 Å². The van der Waals surface area contributed by atoms with Crippen LogP contribution in [0, 0.1) is 10.1 Å². The van der Waals surface area contributed by atoms with Crippen LogP contribution >= 0.6 is 0 Å². The Morgan fingerprint density at radius 1 is 1.47 bits per heavy atom. The third-order valence-corrected chi connectivity index (χ3v) is 3.28. The van der Waals surface area contributed by atoms with E-state index >= 15 is 0 Å². The second-order valence-electron chi connectivity index (χ2n) is 4.70. The Kier molecular flexibility index (Phi) is 4.11. The number of likely N-dealkylation sites (tertiary alicyclic amines) is 1. The van der Waals surface area contributed by atoms with Gasteiger partial charge in [-0.15, -0.1) is 0 Å². The summed E-state index contributed by atoms with van der Waals surface area (Å²) in [6, 6.07) is 6.25. The van der Waals surface area contributed by atoms with Crippen LogP contribution in [0.5, 0.6) is 0 Å². The second-order valence-corrected chi connectivity index (χ2v) is 4.70. The molecule has 0 saturated carbocycles. The maximum absolute atomic E-state index is 12.1. The average molecular weight is 264 g/mol. The molecule has 19 heavy (non-hydrogen) atoms. The van der Waals surface area contributed by atoms with Crippen molar-refractivity contribution >= 4 is 11.6 Å². The first-order valence-corrected chi connectivity index (χ1v) is 6.26. The topological polar surface area (TPSA) is 83.7 Å². The van der Waals surface area contributed by atoms with Crippen molar-refractivity contribution in [3.63, 3.8) is 0 Å². The Morgan fingerprint density at radius 3 is 2.89 bits per heavy atom. The number of carbonyl (C=O) groups is 1. The van der Waals surface area contributed by atoms with Gasteiger partial charge in [0, 0.05) is 24.7 Å². The lowest BCUT2D eigenvalue weighted by atomic mass is 10.1. The average Bonchev–Trinajstić information content (AvgIpc) is 2.39. The summed E-state index contributed by atoms with van der Waals surface area (Å²) in [7, 11) is 0. The SMILES string of the molecule is O=C(Cc1ccccc1[N+](=O)[O-])N1CCC[C@H](O)C1. The molecule has 1 heterocycles. The summed E-state index contributed by atoms with van der Waals surface area (Å²) in [5, 5.41) is 20.4. The molecular weight excluding hydrogens is 248 g/mol. The minimum absolute atomic E-state index is 0.00384. The van der Waals surface area contributed by atoms with Gasteiger partial charge < -0.3 is 10.0 Å². The first kappa shape index (κ1) is 13.5. The maximum atomic E-state index is 12.1. The Morgan fingerprint density at radius 2 is 2.21 bits per heavy atom. The first-order chi connectivity index (χ1) is 9.08. The molecule has 1 saturated heterocycles. The molecule has 0 unspecified atom stereocenters. The van der Waals surface area contributed by atoms with Gasteiger partial charge in [-0.05, 0) is 12.8 Å². The number of aliphatic hydroxyl groups excluding tert-OH is 1. The van der Waals surface area contributed by atoms with Crippen LogP contribution in [0.4, 0.5) is 5.69 Å². The fourth-order valence-corrected chi connectivity index (χ4v) is 2.29. The number of nitrogens with zero attached hydrogens (tertiary/aromatic N) is 2. The molecule has 0 radical (unpaired) electrons. The van der Waals surface area contributed by atoms with E-state index in [-0.39, 0.29) is 18.0 Å². The molecule has 1 N–H and O–H groups in total. The molecule has 6 nitrogen and oxygen atoms in total. The van der Waals surface area contributed by atoms with Gasteiger partial charge in [0.05, 0.1) is 17.4 Å². The molecule has 1 aromatic carbocycles. The number of para-hydroxylation sites is 1. The van der Waals surface area contributed by atoms with E-state index < -0.39 is 11.0 Å². The smallest absolute Gasteiger partial charge is 0.273 e. The lowest BCUT2D eigenvalue weighted by Crippen LogP contribution is -2.42. The van der Waals surface area contributed by atoms with E-state index in [1.54, 1.807) is 23.1 Å². The molecule has 0 spiro atoms. The number of benzene rings is 1. The highest BCUT2D eigenvalue weighted by Crippen LogP contribution is 2.20. The van der Waals surface area contributed by atoms with Crippen LogP contribution in [0.1, 0.15) is 18.4 Å². The summed E-state index contributed by atoms with van der Waals surface area (Å²) in [5.41, 5.74) is 0.381. The minimum Gasteiger partial charge on any atom is -0.391 e. The largest absolute Gasteiger partial charge is 0.391 e. The summed E-state index contributed by atoms with van der Waals surface area (Å²) >= 11 is 0. The minimum atomic E-state index is -0.483. The lowest BCUT2D eigenvalue weighted by molar-refractivity contribution is -0.385. The molecule has 1 aromatic rings. The van der Waals surface area contributed by atoms with Crippen LogP contribution < -0.4 is 0 Å². The molecule has 6 heteroatoms. The number of nitro benzene ring substituents is 1. The molecule has 0 bridgehead atoms. The zero-order chi connectivity index (χ0) is 13.8. The summed E-state index contributed by atoms with van der Waals surface area (Å²) < 4.78 is 0. The molecule has 1 aliphatic rings. The number of hydrogen-bond acceptors (Lipinski definition) is 4. The van der Waals surface area contributed by atoms with Gasteiger partial charge >= 0.3 is 0 Å². The summed E-state index contributed by atoms with van der Waals surface area (Å²) in [6.45, 7) is 0.927. The van der Waals surface area contributed by atoms with Crippen molar-refractivity contribution in [2.24, 2.45) is 0 Å². The van der Waals surface area contributed by atoms with Crippen molar-refractivity contribution in [3.05, 3.63) is 39.9 Å². The molecule has 0 aromatic heterocycles. The van der Waals surface area contributed by atoms with E-state index in [1.807, 2.05) is 0 Å². The van der Waals surface area contributed by atoms with Crippen molar-refractivity contribution in [1.82, 2.24) is 4.90 Å². The molecule has 1 amide bonds. The predicted octanol–water partition coefficient (Wildman–Crippen LogP) is 1.12. The highest BCUT2D eigenvalue weighted by atomic mass is 16.6. The van der Waals surface area contributed by atoms with Crippen molar-refractivity contribution in [2.45, 2.75) is 25.4 Å². The number of hydrogen-bond donors (Lipinski definition) is 1. The second kappa shape index (κ2) is 5.79. The van der Waals surface area contributed by atoms with Crippen LogP contribution in [0.15, 0.2) is 24.3 Å². The molecular formula is C13H16N2O4. The van der Waals surface area contributed by atoms with Crippen LogP contribution in [0.2, 0.25) is 0 Å². The van der Waals surface area contributed by atoms with Crippen molar-refractivity contribution in [3.8, 4) is 0 Å². The van der Waals surface area contributed by atoms with Gasteiger partial charge in [0.15, 0.2) is 0 Å². The monoisotopic (exact) mass is 264 g/mol. The van der Waals surface area contributed by atoms with E-state index in [1.165, 1.54) is 6.07 Å². The highest BCUT2D eigenvalue weighted by Gasteiger charge is 2.24. The van der Waals surface area contributed by atoms with Gasteiger partial charge in [-0.2, -0.15) is 0 Å². The van der Waals surface area contributed by atoms with Crippen molar-refractivity contribution < 1.29 is 14.8 Å². The third-order valence-electron chi connectivity index (χ3n) is 3.28. The van der Waals surface area contributed by atoms with Gasteiger partial charge in [-0.1, -0.05) is 18.2 Å². The number of nitro groups is 1. The number of amides is 1. The summed E-state index contributed by atoms with van der Waals surface area (Å²) in [4.78, 5) is 24.0. The Bertz CT molecular complexity index is 489. The predicted molar refractivity (Wildman–Crippen MR) is 68.6 cm³/mol. The molecule has 0 aliphatic carbocycles. The van der Waals surface area contributed by atoms with Gasteiger partial charge in [0.2, 0.25) is 5.91 Å². The third kappa shape index (κ3) is 3.29. The van der Waals surface area contributed by atoms with E-state index in [0.29, 0.717) is 25.1 Å². The summed E-state index contributed by atoms with van der Waals surface area (Å²) in [6.07, 6.45) is 0.992. The van der Waals surface area contributed by atoms with E-state index in [2.05, 4.69) is 0 Å². The number of β-amino-alcohol motifs (C(OH)–C–C–N with tert-alkyl or cyclic N) is 1. The Hall–Kier alpha value is -1.95. The van der Waals surface area contributed by atoms with Crippen LogP contribution in [0.3, 0.4) is 0 Å². The van der Waals surface area contributed by atoms with E-state index in [4.69, 9.17) is 0 Å². The molecule has 1 aliphatic heterocycles. The van der Waals surface area contributed by atoms with Crippen LogP contribution in [0.25, 0.3) is 0 Å². The summed E-state index contributed by atoms with van der Waals surface area (Å²) in [5.74, 6) is -0.173. The molecule has 1 fully saturated rings. The van der Waals surface area contributed by atoms with Crippen molar-refractivity contribution in [2.75, 3.05) is 13.1 Å². The van der Waals surface area contributed by atoms with Gasteiger partial charge in [-0.25, -0.2) is 0 Å². The zero-order valence-corrected chi connectivity index (χ0v) is 10.5. The number of carbonyl (C=O) groups excluding carboxylic acids is 1. The normalized spacial score (nSPS) is 19.2. The van der Waals surface area contributed by atoms with Crippen LogP contribution in [-0.2, 0) is 11.2 Å². The van der Waals surface area contributed by atoms with Crippen molar-refractivity contribution in [1.29, 1.82) is 0 Å². The molecule has 1 atom stereocenters. The zero-order valence-electron chi connectivity index (χ0n) is 10.5. The van der Waals surface area contributed by atoms with Crippen LogP contribution in [-0.4, -0.2) is 40.0 Å². The number of piperidine rings is 1. The van der Waals surface area contributed by atoms with E-state index in [9.17, 15) is 20.0 Å². The maximum Gasteiger partial charge on any atom is 0.273 e. The fraction of sp³-hybridized carbons (Fsp3) is 0.462. The van der Waals surface area contributed by atoms with E-state index in [0.717, 1.165) is 6.42 Å². The number of aliphatic hydroxyl groups is 1. The quantitative estimate of drug-likeness (QED) is 0.655. The fourth-order valence-electron chi connectivity index (χ4n) is 2.29.